The second-order valence-corrected chi connectivity index (χ2v) is 7.97. The molecule has 4 heteroatoms. The number of H-pyrrole nitrogens is 2. The normalized spacial score (nSPS) is 12.6. The Hall–Kier alpha value is -3.40. The van der Waals surface area contributed by atoms with Crippen molar-refractivity contribution in [3.63, 3.8) is 0 Å². The monoisotopic (exact) mass is 394 g/mol. The van der Waals surface area contributed by atoms with Crippen LogP contribution in [0.5, 0.6) is 0 Å². The maximum atomic E-state index is 4.92. The molecule has 0 aromatic carbocycles. The van der Waals surface area contributed by atoms with Crippen LogP contribution in [0.3, 0.4) is 0 Å². The first-order valence-corrected chi connectivity index (χ1v) is 10.8. The van der Waals surface area contributed by atoms with Crippen LogP contribution < -0.4 is 0 Å². The highest BCUT2D eigenvalue weighted by atomic mass is 14.8. The van der Waals surface area contributed by atoms with Crippen molar-refractivity contribution in [2.24, 2.45) is 0 Å². The fourth-order valence-corrected chi connectivity index (χ4v) is 4.06. The number of aromatic amines is 2. The summed E-state index contributed by atoms with van der Waals surface area (Å²) in [4.78, 5) is 16.7. The van der Waals surface area contributed by atoms with E-state index >= 15 is 0 Å². The van der Waals surface area contributed by atoms with Gasteiger partial charge in [-0.25, -0.2) is 9.97 Å². The summed E-state index contributed by atoms with van der Waals surface area (Å²) in [5.74, 6) is 0. The number of hydrogen-bond acceptors (Lipinski definition) is 2. The molecule has 5 heterocycles. The molecule has 30 heavy (non-hydrogen) atoms. The van der Waals surface area contributed by atoms with Gasteiger partial charge in [-0.2, -0.15) is 0 Å². The molecule has 3 aromatic rings. The molecule has 0 fully saturated rings. The molecule has 0 amide bonds. The third-order valence-electron chi connectivity index (χ3n) is 5.61. The van der Waals surface area contributed by atoms with E-state index in [9.17, 15) is 0 Å². The number of nitrogens with one attached hydrogen (secondary N) is 2. The molecule has 3 aromatic heterocycles. The summed E-state index contributed by atoms with van der Waals surface area (Å²) in [6.45, 7) is 2.25. The maximum absolute atomic E-state index is 4.92. The minimum Gasteiger partial charge on any atom is -0.355 e. The number of rotatable bonds is 5. The molecule has 0 radical (unpaired) electrons. The minimum absolute atomic E-state index is 0.933. The molecule has 0 aliphatic carbocycles. The lowest BCUT2D eigenvalue weighted by atomic mass is 10.0. The summed E-state index contributed by atoms with van der Waals surface area (Å²) < 4.78 is 0. The number of aromatic nitrogens is 4. The molecule has 0 saturated carbocycles. The van der Waals surface area contributed by atoms with Crippen molar-refractivity contribution in [3.05, 3.63) is 70.8 Å². The van der Waals surface area contributed by atoms with E-state index in [1.807, 2.05) is 12.2 Å². The number of fused-ring (bicyclic) bond motifs is 8. The molecule has 5 rings (SSSR count). The van der Waals surface area contributed by atoms with Crippen LogP contribution in [-0.2, 0) is 6.42 Å². The van der Waals surface area contributed by atoms with Crippen LogP contribution in [0.25, 0.3) is 46.4 Å². The van der Waals surface area contributed by atoms with Crippen LogP contribution in [0.2, 0.25) is 0 Å². The van der Waals surface area contributed by atoms with Crippen molar-refractivity contribution in [2.75, 3.05) is 0 Å². The average molecular weight is 395 g/mol. The molecule has 2 N–H and O–H groups in total. The van der Waals surface area contributed by atoms with Crippen LogP contribution in [0.15, 0.2) is 42.5 Å². The second-order valence-electron chi connectivity index (χ2n) is 7.97. The van der Waals surface area contributed by atoms with Crippen molar-refractivity contribution in [1.29, 1.82) is 0 Å². The van der Waals surface area contributed by atoms with Gasteiger partial charge in [0.2, 0.25) is 0 Å². The number of hydrogen-bond donors (Lipinski definition) is 2. The van der Waals surface area contributed by atoms with Crippen molar-refractivity contribution in [3.8, 4) is 0 Å². The molecule has 0 saturated heterocycles. The highest BCUT2D eigenvalue weighted by Crippen LogP contribution is 2.23. The molecule has 0 atom stereocenters. The molecule has 0 unspecified atom stereocenters. The lowest BCUT2D eigenvalue weighted by Crippen LogP contribution is -1.91. The van der Waals surface area contributed by atoms with Gasteiger partial charge in [-0.3, -0.25) is 0 Å². The van der Waals surface area contributed by atoms with Crippen molar-refractivity contribution in [2.45, 2.75) is 39.0 Å². The van der Waals surface area contributed by atoms with Gasteiger partial charge in [-0.15, -0.1) is 0 Å². The lowest BCUT2D eigenvalue weighted by Gasteiger charge is -2.03. The van der Waals surface area contributed by atoms with E-state index < -0.39 is 0 Å². The van der Waals surface area contributed by atoms with Crippen molar-refractivity contribution < 1.29 is 0 Å². The van der Waals surface area contributed by atoms with Crippen LogP contribution in [0, 0.1) is 0 Å². The molecule has 8 bridgehead atoms. The smallest absolute Gasteiger partial charge is 0.0690 e. The Morgan fingerprint density at radius 3 is 2.23 bits per heavy atom. The predicted molar refractivity (Wildman–Crippen MR) is 127 cm³/mol. The van der Waals surface area contributed by atoms with Gasteiger partial charge in [-0.1, -0.05) is 26.2 Å². The van der Waals surface area contributed by atoms with Gasteiger partial charge < -0.3 is 9.97 Å². The number of nitrogens with zero attached hydrogens (tertiary/aromatic N) is 2. The Kier molecular flexibility index (Phi) is 5.06. The quantitative estimate of drug-likeness (QED) is 0.323. The first kappa shape index (κ1) is 18.6. The van der Waals surface area contributed by atoms with E-state index in [1.165, 1.54) is 31.2 Å². The lowest BCUT2D eigenvalue weighted by molar-refractivity contribution is 0.667. The third kappa shape index (κ3) is 3.99. The predicted octanol–water partition coefficient (Wildman–Crippen LogP) is 6.78. The summed E-state index contributed by atoms with van der Waals surface area (Å²) in [5.41, 5.74) is 9.52. The number of aryl methyl sites for hydroxylation is 1. The number of unbranched alkanes of at least 4 members (excludes halogenated alkanes) is 3. The Morgan fingerprint density at radius 2 is 1.37 bits per heavy atom. The van der Waals surface area contributed by atoms with Gasteiger partial charge in [0.05, 0.1) is 22.8 Å². The maximum Gasteiger partial charge on any atom is 0.0690 e. The van der Waals surface area contributed by atoms with Crippen LogP contribution >= 0.6 is 0 Å². The molecule has 4 nitrogen and oxygen atoms in total. The summed E-state index contributed by atoms with van der Waals surface area (Å²) in [5, 5.41) is 0. The standard InChI is InChI=1S/C26H26N4/c1-2-3-4-5-6-24-25-13-11-22(29-25)16-20-9-7-18(27-20)15-19-8-10-21(28-19)17-23-12-14-26(24)30-23/h7-17,27,29H,2-6H2,1H3. The molecular weight excluding hydrogens is 368 g/mol. The molecule has 2 aliphatic rings. The molecule has 150 valence electrons. The third-order valence-corrected chi connectivity index (χ3v) is 5.61. The second kappa shape index (κ2) is 8.15. The fourth-order valence-electron chi connectivity index (χ4n) is 4.06. The highest BCUT2D eigenvalue weighted by molar-refractivity contribution is 5.79. The van der Waals surface area contributed by atoms with E-state index in [1.54, 1.807) is 0 Å². The van der Waals surface area contributed by atoms with Gasteiger partial charge in [0.1, 0.15) is 0 Å². The Balaban J connectivity index is 1.72. The van der Waals surface area contributed by atoms with Crippen molar-refractivity contribution in [1.82, 2.24) is 19.9 Å². The van der Waals surface area contributed by atoms with Gasteiger partial charge >= 0.3 is 0 Å². The summed E-state index contributed by atoms with van der Waals surface area (Å²) in [7, 11) is 0. The summed E-state index contributed by atoms with van der Waals surface area (Å²) >= 11 is 0. The Labute approximate surface area is 176 Å². The molecular formula is C26H26N4. The fraction of sp³-hybridized carbons (Fsp3) is 0.231. The SMILES string of the molecule is CCCCCCc1c2nc(cc3nc(cc4ccc(cc5ccc1[nH]5)[nH]4)C=C3)C=C2. The van der Waals surface area contributed by atoms with Gasteiger partial charge in [0.25, 0.3) is 0 Å². The van der Waals surface area contributed by atoms with Crippen LogP contribution in [0.1, 0.15) is 60.9 Å². The average Bonchev–Trinajstić information content (AvgIpc) is 3.52. The van der Waals surface area contributed by atoms with E-state index in [-0.39, 0.29) is 0 Å². The highest BCUT2D eigenvalue weighted by Gasteiger charge is 2.09. The van der Waals surface area contributed by atoms with Gasteiger partial charge in [0.15, 0.2) is 0 Å². The first-order chi connectivity index (χ1) is 14.8. The van der Waals surface area contributed by atoms with Crippen molar-refractivity contribution >= 4 is 46.4 Å². The zero-order chi connectivity index (χ0) is 20.3. The topological polar surface area (TPSA) is 57.4 Å². The Bertz CT molecular complexity index is 1290. The molecule has 2 aliphatic heterocycles. The van der Waals surface area contributed by atoms with E-state index in [4.69, 9.17) is 9.97 Å². The van der Waals surface area contributed by atoms with Crippen LogP contribution in [-0.4, -0.2) is 19.9 Å². The van der Waals surface area contributed by atoms with Crippen LogP contribution in [0.4, 0.5) is 0 Å². The van der Waals surface area contributed by atoms with E-state index in [0.717, 1.165) is 51.3 Å². The zero-order valence-electron chi connectivity index (χ0n) is 17.3. The van der Waals surface area contributed by atoms with E-state index in [2.05, 4.69) is 71.5 Å². The summed E-state index contributed by atoms with van der Waals surface area (Å²) in [6.07, 6.45) is 14.3. The summed E-state index contributed by atoms with van der Waals surface area (Å²) in [6, 6.07) is 14.8. The zero-order valence-corrected chi connectivity index (χ0v) is 17.3. The minimum atomic E-state index is 0.933. The van der Waals surface area contributed by atoms with Gasteiger partial charge in [0, 0.05) is 27.6 Å². The molecule has 0 spiro atoms. The first-order valence-electron chi connectivity index (χ1n) is 10.8. The van der Waals surface area contributed by atoms with Gasteiger partial charge in [-0.05, 0) is 79.6 Å². The largest absolute Gasteiger partial charge is 0.355 e. The van der Waals surface area contributed by atoms with E-state index in [0.29, 0.717) is 0 Å². The Morgan fingerprint density at radius 1 is 0.667 bits per heavy atom.